The SMILES string of the molecule is O=C(CSc1ncc(-c2ccccc2)o1)NC(=O)NCC(F)(F)F. The highest BCUT2D eigenvalue weighted by atomic mass is 32.2. The molecule has 0 aliphatic rings. The molecule has 1 aromatic carbocycles. The first-order valence-electron chi connectivity index (χ1n) is 6.62. The van der Waals surface area contributed by atoms with Gasteiger partial charge in [0.1, 0.15) is 6.54 Å². The van der Waals surface area contributed by atoms with Crippen molar-refractivity contribution in [2.24, 2.45) is 0 Å². The third-order valence-corrected chi connectivity index (χ3v) is 3.41. The quantitative estimate of drug-likeness (QED) is 0.802. The summed E-state index contributed by atoms with van der Waals surface area (Å²) in [5.41, 5.74) is 0.813. The monoisotopic (exact) mass is 359 g/mol. The molecule has 0 unspecified atom stereocenters. The largest absolute Gasteiger partial charge is 0.431 e. The van der Waals surface area contributed by atoms with E-state index in [1.54, 1.807) is 5.32 Å². The van der Waals surface area contributed by atoms with Gasteiger partial charge in [0, 0.05) is 5.56 Å². The van der Waals surface area contributed by atoms with Gasteiger partial charge >= 0.3 is 12.2 Å². The van der Waals surface area contributed by atoms with Crippen LogP contribution in [0.25, 0.3) is 11.3 Å². The van der Waals surface area contributed by atoms with E-state index >= 15 is 0 Å². The summed E-state index contributed by atoms with van der Waals surface area (Å²) in [4.78, 5) is 26.6. The lowest BCUT2D eigenvalue weighted by atomic mass is 10.2. The van der Waals surface area contributed by atoms with E-state index in [9.17, 15) is 22.8 Å². The van der Waals surface area contributed by atoms with Crippen molar-refractivity contribution < 1.29 is 27.2 Å². The fraction of sp³-hybridized carbons (Fsp3) is 0.214. The minimum atomic E-state index is -4.54. The normalized spacial score (nSPS) is 11.1. The lowest BCUT2D eigenvalue weighted by Crippen LogP contribution is -2.43. The maximum atomic E-state index is 11.9. The number of carbonyl (C=O) groups excluding carboxylic acids is 2. The lowest BCUT2D eigenvalue weighted by molar-refractivity contribution is -0.124. The molecule has 0 aliphatic carbocycles. The van der Waals surface area contributed by atoms with Gasteiger partial charge in [0.15, 0.2) is 5.76 Å². The zero-order valence-electron chi connectivity index (χ0n) is 12.1. The molecule has 0 bridgehead atoms. The first kappa shape index (κ1) is 17.9. The van der Waals surface area contributed by atoms with Gasteiger partial charge in [-0.1, -0.05) is 42.1 Å². The molecular formula is C14H12F3N3O3S. The molecule has 0 aliphatic heterocycles. The zero-order chi connectivity index (χ0) is 17.6. The van der Waals surface area contributed by atoms with Gasteiger partial charge in [0.05, 0.1) is 11.9 Å². The van der Waals surface area contributed by atoms with Crippen molar-refractivity contribution in [3.63, 3.8) is 0 Å². The third-order valence-electron chi connectivity index (χ3n) is 2.57. The van der Waals surface area contributed by atoms with E-state index in [1.165, 1.54) is 11.5 Å². The van der Waals surface area contributed by atoms with Crippen molar-refractivity contribution in [3.8, 4) is 11.3 Å². The molecule has 0 spiro atoms. The Bertz CT molecular complexity index is 704. The van der Waals surface area contributed by atoms with Crippen LogP contribution < -0.4 is 10.6 Å². The molecule has 10 heteroatoms. The number of nitrogens with zero attached hydrogens (tertiary/aromatic N) is 1. The Balaban J connectivity index is 1.78. The van der Waals surface area contributed by atoms with Crippen LogP contribution in [0, 0.1) is 0 Å². The molecule has 0 atom stereocenters. The van der Waals surface area contributed by atoms with Gasteiger partial charge in [0.25, 0.3) is 5.22 Å². The van der Waals surface area contributed by atoms with E-state index in [0.29, 0.717) is 5.76 Å². The molecule has 1 aromatic heterocycles. The first-order chi connectivity index (χ1) is 11.3. The van der Waals surface area contributed by atoms with Crippen LogP contribution in [0.3, 0.4) is 0 Å². The molecule has 24 heavy (non-hydrogen) atoms. The number of thioether (sulfide) groups is 1. The number of urea groups is 1. The Labute approximate surface area is 138 Å². The lowest BCUT2D eigenvalue weighted by Gasteiger charge is -2.08. The molecule has 0 fully saturated rings. The van der Waals surface area contributed by atoms with Crippen molar-refractivity contribution in [1.82, 2.24) is 15.6 Å². The van der Waals surface area contributed by atoms with Gasteiger partial charge in [-0.05, 0) is 0 Å². The molecular weight excluding hydrogens is 347 g/mol. The van der Waals surface area contributed by atoms with Crippen molar-refractivity contribution in [1.29, 1.82) is 0 Å². The summed E-state index contributed by atoms with van der Waals surface area (Å²) in [5, 5.41) is 3.52. The van der Waals surface area contributed by atoms with Crippen LogP contribution in [-0.2, 0) is 4.79 Å². The number of benzene rings is 1. The molecule has 128 valence electrons. The van der Waals surface area contributed by atoms with Crippen molar-refractivity contribution in [2.45, 2.75) is 11.4 Å². The van der Waals surface area contributed by atoms with Gasteiger partial charge < -0.3 is 9.73 Å². The van der Waals surface area contributed by atoms with E-state index < -0.39 is 24.7 Å². The number of alkyl halides is 3. The summed E-state index contributed by atoms with van der Waals surface area (Å²) < 4.78 is 41.2. The summed E-state index contributed by atoms with van der Waals surface area (Å²) in [6.07, 6.45) is -3.05. The second-order valence-corrected chi connectivity index (χ2v) is 5.42. The van der Waals surface area contributed by atoms with Crippen LogP contribution >= 0.6 is 11.8 Å². The summed E-state index contributed by atoms with van der Waals surface area (Å²) in [5.74, 6) is -0.477. The fourth-order valence-corrected chi connectivity index (χ4v) is 2.18. The van der Waals surface area contributed by atoms with Crippen LogP contribution in [-0.4, -0.2) is 35.4 Å². The van der Waals surface area contributed by atoms with Crippen molar-refractivity contribution >= 4 is 23.7 Å². The Kier molecular flexibility index (Phi) is 5.85. The number of nitrogens with one attached hydrogen (secondary N) is 2. The van der Waals surface area contributed by atoms with Gasteiger partial charge in [-0.25, -0.2) is 9.78 Å². The van der Waals surface area contributed by atoms with Crippen LogP contribution in [0.15, 0.2) is 46.2 Å². The Morgan fingerprint density at radius 1 is 1.21 bits per heavy atom. The predicted molar refractivity (Wildman–Crippen MR) is 80.3 cm³/mol. The average molecular weight is 359 g/mol. The highest BCUT2D eigenvalue weighted by molar-refractivity contribution is 7.99. The maximum absolute atomic E-state index is 11.9. The third kappa shape index (κ3) is 5.95. The number of amides is 3. The smallest absolute Gasteiger partial charge is 0.405 e. The molecule has 0 saturated carbocycles. The van der Waals surface area contributed by atoms with E-state index in [0.717, 1.165) is 17.3 Å². The molecule has 3 amide bonds. The number of carbonyl (C=O) groups is 2. The molecule has 6 nitrogen and oxygen atoms in total. The average Bonchev–Trinajstić information content (AvgIpc) is 3.00. The highest BCUT2D eigenvalue weighted by Gasteiger charge is 2.28. The van der Waals surface area contributed by atoms with E-state index in [-0.39, 0.29) is 11.0 Å². The summed E-state index contributed by atoms with van der Waals surface area (Å²) in [6, 6.07) is 7.95. The number of rotatable bonds is 5. The number of hydrogen-bond acceptors (Lipinski definition) is 5. The number of aromatic nitrogens is 1. The van der Waals surface area contributed by atoms with Crippen LogP contribution in [0.1, 0.15) is 0 Å². The minimum Gasteiger partial charge on any atom is -0.431 e. The molecule has 0 saturated heterocycles. The van der Waals surface area contributed by atoms with Crippen molar-refractivity contribution in [2.75, 3.05) is 12.3 Å². The molecule has 2 N–H and O–H groups in total. The fourth-order valence-electron chi connectivity index (χ4n) is 1.58. The Morgan fingerprint density at radius 3 is 2.58 bits per heavy atom. The predicted octanol–water partition coefficient (Wildman–Crippen LogP) is 2.82. The molecule has 0 radical (unpaired) electrons. The second-order valence-electron chi connectivity index (χ2n) is 4.49. The zero-order valence-corrected chi connectivity index (χ0v) is 12.9. The van der Waals surface area contributed by atoms with E-state index in [2.05, 4.69) is 4.98 Å². The maximum Gasteiger partial charge on any atom is 0.405 e. The number of imide groups is 1. The van der Waals surface area contributed by atoms with Gasteiger partial charge in [-0.2, -0.15) is 13.2 Å². The Hall–Kier alpha value is -2.49. The topological polar surface area (TPSA) is 84.2 Å². The van der Waals surface area contributed by atoms with Crippen molar-refractivity contribution in [3.05, 3.63) is 36.5 Å². The van der Waals surface area contributed by atoms with Gasteiger partial charge in [0.2, 0.25) is 5.91 Å². The summed E-state index contributed by atoms with van der Waals surface area (Å²) in [7, 11) is 0. The summed E-state index contributed by atoms with van der Waals surface area (Å²) >= 11 is 0.918. The highest BCUT2D eigenvalue weighted by Crippen LogP contribution is 2.24. The second kappa shape index (κ2) is 7.86. The van der Waals surface area contributed by atoms with Gasteiger partial charge in [-0.15, -0.1) is 0 Å². The first-order valence-corrected chi connectivity index (χ1v) is 7.60. The molecule has 1 heterocycles. The number of halogens is 3. The number of oxazole rings is 1. The number of hydrogen-bond donors (Lipinski definition) is 2. The standard InChI is InChI=1S/C14H12F3N3O3S/c15-14(16,17)8-19-12(22)20-11(21)7-24-13-18-6-10(23-13)9-4-2-1-3-5-9/h1-6H,7-8H2,(H2,19,20,21,22). The van der Waals surface area contributed by atoms with Crippen LogP contribution in [0.4, 0.5) is 18.0 Å². The van der Waals surface area contributed by atoms with E-state index in [4.69, 9.17) is 4.42 Å². The molecule has 2 aromatic rings. The summed E-state index contributed by atoms with van der Waals surface area (Å²) in [6.45, 7) is -1.51. The van der Waals surface area contributed by atoms with Crippen LogP contribution in [0.5, 0.6) is 0 Å². The van der Waals surface area contributed by atoms with Crippen LogP contribution in [0.2, 0.25) is 0 Å². The van der Waals surface area contributed by atoms with Gasteiger partial charge in [-0.3, -0.25) is 10.1 Å². The molecule has 2 rings (SSSR count). The van der Waals surface area contributed by atoms with E-state index in [1.807, 2.05) is 30.3 Å². The Morgan fingerprint density at radius 2 is 1.92 bits per heavy atom. The minimum absolute atomic E-state index is 0.208.